The van der Waals surface area contributed by atoms with E-state index in [0.29, 0.717) is 17.1 Å². The fourth-order valence-corrected chi connectivity index (χ4v) is 3.83. The highest BCUT2D eigenvalue weighted by Gasteiger charge is 2.24. The van der Waals surface area contributed by atoms with Gasteiger partial charge < -0.3 is 14.2 Å². The number of aromatic nitrogens is 4. The zero-order valence-electron chi connectivity index (χ0n) is 19.1. The van der Waals surface area contributed by atoms with Crippen LogP contribution in [0, 0.1) is 6.92 Å². The Bertz CT molecular complexity index is 1420. The number of pyridine rings is 2. The number of hydrogen-bond acceptors (Lipinski definition) is 9. The van der Waals surface area contributed by atoms with Gasteiger partial charge in [0.1, 0.15) is 5.82 Å². The number of para-hydroxylation sites is 2. The second kappa shape index (κ2) is 10.2. The van der Waals surface area contributed by atoms with Crippen molar-refractivity contribution in [1.29, 1.82) is 0 Å². The van der Waals surface area contributed by atoms with Crippen molar-refractivity contribution in [3.8, 4) is 34.5 Å². The molecule has 0 radical (unpaired) electrons. The van der Waals surface area contributed by atoms with Crippen LogP contribution in [0.3, 0.4) is 0 Å². The standard InChI is InChI=1S/C23H22N6O5S/c1-15-8-9-19(25-14-15)28-35(30,31)29-22-20(34-18-7-5-4-6-17(18)32-2)23(33-3)27-21(26-22)16-10-12-24-13-11-16/h4-14H,1-3H3,(H,25,28)(H,26,27,29). The molecule has 4 aromatic rings. The molecule has 0 aliphatic carbocycles. The number of benzene rings is 1. The first-order valence-corrected chi connectivity index (χ1v) is 11.8. The minimum Gasteiger partial charge on any atom is -0.493 e. The van der Waals surface area contributed by atoms with E-state index in [-0.39, 0.29) is 29.1 Å². The van der Waals surface area contributed by atoms with E-state index in [1.165, 1.54) is 14.2 Å². The first-order chi connectivity index (χ1) is 16.9. The molecule has 180 valence electrons. The highest BCUT2D eigenvalue weighted by atomic mass is 32.2. The molecule has 0 aliphatic rings. The summed E-state index contributed by atoms with van der Waals surface area (Å²) in [6, 6.07) is 13.5. The maximum atomic E-state index is 13.0. The minimum absolute atomic E-state index is 0.00359. The molecule has 11 nitrogen and oxygen atoms in total. The molecular formula is C23H22N6O5S. The van der Waals surface area contributed by atoms with Gasteiger partial charge in [0.05, 0.1) is 14.2 Å². The number of ether oxygens (including phenoxy) is 3. The van der Waals surface area contributed by atoms with Crippen LogP contribution in [-0.4, -0.2) is 42.6 Å². The average molecular weight is 495 g/mol. The van der Waals surface area contributed by atoms with E-state index < -0.39 is 10.2 Å². The minimum atomic E-state index is -4.19. The lowest BCUT2D eigenvalue weighted by Crippen LogP contribution is -2.23. The average Bonchev–Trinajstić information content (AvgIpc) is 2.86. The SMILES string of the molecule is COc1ccccc1Oc1c(NS(=O)(=O)Nc2ccc(C)cn2)nc(-c2ccncc2)nc1OC. The largest absolute Gasteiger partial charge is 0.493 e. The van der Waals surface area contributed by atoms with Gasteiger partial charge in [-0.15, -0.1) is 0 Å². The quantitative estimate of drug-likeness (QED) is 0.356. The van der Waals surface area contributed by atoms with Gasteiger partial charge in [0.2, 0.25) is 5.75 Å². The van der Waals surface area contributed by atoms with Crippen LogP contribution >= 0.6 is 0 Å². The van der Waals surface area contributed by atoms with Gasteiger partial charge in [0.15, 0.2) is 23.1 Å². The lowest BCUT2D eigenvalue weighted by Gasteiger charge is -2.17. The van der Waals surface area contributed by atoms with Crippen LogP contribution < -0.4 is 23.7 Å². The highest BCUT2D eigenvalue weighted by Crippen LogP contribution is 2.41. The topological polar surface area (TPSA) is 137 Å². The first-order valence-electron chi connectivity index (χ1n) is 10.3. The van der Waals surface area contributed by atoms with Crippen LogP contribution in [0.1, 0.15) is 5.56 Å². The third kappa shape index (κ3) is 5.73. The van der Waals surface area contributed by atoms with Crippen LogP contribution in [-0.2, 0) is 10.2 Å². The molecule has 0 atom stereocenters. The fourth-order valence-electron chi connectivity index (χ4n) is 2.99. The maximum absolute atomic E-state index is 13.0. The number of nitrogens with zero attached hydrogens (tertiary/aromatic N) is 4. The van der Waals surface area contributed by atoms with Crippen LogP contribution in [0.25, 0.3) is 11.4 Å². The lowest BCUT2D eigenvalue weighted by atomic mass is 10.2. The van der Waals surface area contributed by atoms with E-state index in [9.17, 15) is 8.42 Å². The third-order valence-corrected chi connectivity index (χ3v) is 5.57. The predicted octanol–water partition coefficient (Wildman–Crippen LogP) is 3.82. The molecule has 0 spiro atoms. The van der Waals surface area contributed by atoms with E-state index >= 15 is 0 Å². The summed E-state index contributed by atoms with van der Waals surface area (Å²) in [5, 5.41) is 0. The Kier molecular flexibility index (Phi) is 6.92. The van der Waals surface area contributed by atoms with Crippen molar-refractivity contribution >= 4 is 21.8 Å². The van der Waals surface area contributed by atoms with Gasteiger partial charge >= 0.3 is 10.2 Å². The Morgan fingerprint density at radius 1 is 0.857 bits per heavy atom. The predicted molar refractivity (Wildman–Crippen MR) is 130 cm³/mol. The summed E-state index contributed by atoms with van der Waals surface area (Å²) in [7, 11) is -1.31. The molecule has 0 fully saturated rings. The highest BCUT2D eigenvalue weighted by molar-refractivity contribution is 7.94. The summed E-state index contributed by atoms with van der Waals surface area (Å²) in [6.07, 6.45) is 4.68. The van der Waals surface area contributed by atoms with Gasteiger partial charge in [-0.2, -0.15) is 13.4 Å². The molecule has 4 rings (SSSR count). The smallest absolute Gasteiger partial charge is 0.323 e. The van der Waals surface area contributed by atoms with Crippen molar-refractivity contribution in [2.45, 2.75) is 6.92 Å². The molecule has 3 heterocycles. The summed E-state index contributed by atoms with van der Waals surface area (Å²) in [6.45, 7) is 1.85. The lowest BCUT2D eigenvalue weighted by molar-refractivity contribution is 0.348. The molecule has 35 heavy (non-hydrogen) atoms. The van der Waals surface area contributed by atoms with Crippen LogP contribution in [0.15, 0.2) is 67.1 Å². The molecular weight excluding hydrogens is 472 g/mol. The molecule has 0 bridgehead atoms. The van der Waals surface area contributed by atoms with E-state index in [2.05, 4.69) is 29.4 Å². The summed E-state index contributed by atoms with van der Waals surface area (Å²) >= 11 is 0. The molecule has 12 heteroatoms. The second-order valence-corrected chi connectivity index (χ2v) is 8.57. The van der Waals surface area contributed by atoms with Crippen molar-refractivity contribution in [2.24, 2.45) is 0 Å². The normalized spacial score (nSPS) is 10.9. The Morgan fingerprint density at radius 3 is 2.26 bits per heavy atom. The zero-order chi connectivity index (χ0) is 24.8. The van der Waals surface area contributed by atoms with Gasteiger partial charge in [-0.25, -0.2) is 14.7 Å². The van der Waals surface area contributed by atoms with Crippen LogP contribution in [0.4, 0.5) is 11.6 Å². The Labute approximate surface area is 202 Å². The van der Waals surface area contributed by atoms with Crippen molar-refractivity contribution in [3.05, 3.63) is 72.7 Å². The molecule has 3 aromatic heterocycles. The van der Waals surface area contributed by atoms with Gasteiger partial charge in [-0.3, -0.25) is 9.71 Å². The maximum Gasteiger partial charge on any atom is 0.323 e. The Hall–Kier alpha value is -4.45. The van der Waals surface area contributed by atoms with E-state index in [4.69, 9.17) is 14.2 Å². The first kappa shape index (κ1) is 23.7. The summed E-state index contributed by atoms with van der Waals surface area (Å²) in [5.74, 6) is 0.842. The number of hydrogen-bond donors (Lipinski definition) is 2. The zero-order valence-corrected chi connectivity index (χ0v) is 19.9. The van der Waals surface area contributed by atoms with E-state index in [1.54, 1.807) is 67.1 Å². The number of anilines is 2. The second-order valence-electron chi connectivity index (χ2n) is 7.15. The number of nitrogens with one attached hydrogen (secondary N) is 2. The Morgan fingerprint density at radius 2 is 1.60 bits per heavy atom. The van der Waals surface area contributed by atoms with Gasteiger partial charge in [-0.05, 0) is 42.8 Å². The molecule has 0 saturated heterocycles. The summed E-state index contributed by atoms with van der Waals surface area (Å²) in [4.78, 5) is 16.9. The summed E-state index contributed by atoms with van der Waals surface area (Å²) < 4.78 is 47.5. The molecule has 0 aliphatic heterocycles. The van der Waals surface area contributed by atoms with Gasteiger partial charge in [0, 0.05) is 24.2 Å². The number of methoxy groups -OCH3 is 2. The van der Waals surface area contributed by atoms with Crippen LogP contribution in [0.2, 0.25) is 0 Å². The molecule has 0 saturated carbocycles. The molecule has 0 unspecified atom stereocenters. The van der Waals surface area contributed by atoms with Crippen molar-refractivity contribution < 1.29 is 22.6 Å². The van der Waals surface area contributed by atoms with E-state index in [1.807, 2.05) is 6.92 Å². The fraction of sp³-hybridized carbons (Fsp3) is 0.130. The van der Waals surface area contributed by atoms with Crippen molar-refractivity contribution in [1.82, 2.24) is 19.9 Å². The summed E-state index contributed by atoms with van der Waals surface area (Å²) in [5.41, 5.74) is 1.48. The van der Waals surface area contributed by atoms with Crippen molar-refractivity contribution in [2.75, 3.05) is 23.7 Å². The molecule has 1 aromatic carbocycles. The third-order valence-electron chi connectivity index (χ3n) is 4.63. The van der Waals surface area contributed by atoms with Gasteiger partial charge in [0.25, 0.3) is 5.88 Å². The van der Waals surface area contributed by atoms with Gasteiger partial charge in [-0.1, -0.05) is 18.2 Å². The molecule has 2 N–H and O–H groups in total. The monoisotopic (exact) mass is 494 g/mol. The van der Waals surface area contributed by atoms with Crippen LogP contribution in [0.5, 0.6) is 23.1 Å². The van der Waals surface area contributed by atoms with Crippen molar-refractivity contribution in [3.63, 3.8) is 0 Å². The van der Waals surface area contributed by atoms with E-state index in [0.717, 1.165) is 5.56 Å². The molecule has 0 amide bonds. The number of aryl methyl sites for hydroxylation is 1. The Balaban J connectivity index is 1.79. The number of rotatable bonds is 9.